The zero-order valence-corrected chi connectivity index (χ0v) is 17.2. The molecule has 146 valence electrons. The van der Waals surface area contributed by atoms with Gasteiger partial charge in [0, 0.05) is 11.4 Å². The van der Waals surface area contributed by atoms with E-state index >= 15 is 0 Å². The maximum absolute atomic E-state index is 13.2. The van der Waals surface area contributed by atoms with E-state index in [-0.39, 0.29) is 5.56 Å². The van der Waals surface area contributed by atoms with Gasteiger partial charge in [-0.15, -0.1) is 11.3 Å². The van der Waals surface area contributed by atoms with Gasteiger partial charge in [0.2, 0.25) is 5.91 Å². The average Bonchev–Trinajstić information content (AvgIpc) is 3.17. The molecule has 0 saturated carbocycles. The van der Waals surface area contributed by atoms with Gasteiger partial charge >= 0.3 is 6.03 Å². The summed E-state index contributed by atoms with van der Waals surface area (Å²) < 4.78 is 1.70. The van der Waals surface area contributed by atoms with Crippen LogP contribution in [-0.2, 0) is 24.2 Å². The van der Waals surface area contributed by atoms with Gasteiger partial charge in [0.15, 0.2) is 5.16 Å². The third-order valence-electron chi connectivity index (χ3n) is 4.67. The van der Waals surface area contributed by atoms with Crippen LogP contribution >= 0.6 is 23.1 Å². The highest BCUT2D eigenvalue weighted by Crippen LogP contribution is 2.36. The Kier molecular flexibility index (Phi) is 6.21. The second-order valence-electron chi connectivity index (χ2n) is 6.71. The first-order valence-electron chi connectivity index (χ1n) is 9.24. The minimum absolute atomic E-state index is 0.0134. The molecule has 0 aliphatic heterocycles. The van der Waals surface area contributed by atoms with E-state index in [0.717, 1.165) is 54.3 Å². The predicted molar refractivity (Wildman–Crippen MR) is 108 cm³/mol. The van der Waals surface area contributed by atoms with Crippen LogP contribution in [0.15, 0.2) is 9.95 Å². The molecule has 0 saturated heterocycles. The number of rotatable bonds is 7. The average molecular weight is 409 g/mol. The van der Waals surface area contributed by atoms with E-state index in [1.165, 1.54) is 16.6 Å². The molecule has 1 unspecified atom stereocenters. The number of thiophene rings is 1. The number of aryl methyl sites for hydroxylation is 2. The van der Waals surface area contributed by atoms with Crippen molar-refractivity contribution >= 4 is 45.3 Å². The Hall–Kier alpha value is -1.87. The van der Waals surface area contributed by atoms with Crippen LogP contribution in [0.2, 0.25) is 0 Å². The molecule has 3 N–H and O–H groups in total. The summed E-state index contributed by atoms with van der Waals surface area (Å²) in [5.74, 6) is -0.490. The zero-order valence-electron chi connectivity index (χ0n) is 15.5. The zero-order chi connectivity index (χ0) is 19.6. The van der Waals surface area contributed by atoms with Crippen molar-refractivity contribution in [2.24, 2.45) is 5.73 Å². The van der Waals surface area contributed by atoms with Crippen molar-refractivity contribution in [1.82, 2.24) is 14.9 Å². The molecule has 3 rings (SSSR count). The van der Waals surface area contributed by atoms with Gasteiger partial charge in [-0.2, -0.15) is 0 Å². The molecule has 3 amide bonds. The first-order chi connectivity index (χ1) is 12.9. The molecule has 1 aliphatic rings. The van der Waals surface area contributed by atoms with E-state index in [0.29, 0.717) is 11.7 Å². The van der Waals surface area contributed by atoms with Crippen molar-refractivity contribution in [3.05, 3.63) is 20.8 Å². The lowest BCUT2D eigenvalue weighted by Crippen LogP contribution is -2.39. The van der Waals surface area contributed by atoms with Crippen molar-refractivity contribution in [3.63, 3.8) is 0 Å². The molecule has 9 heteroatoms. The number of imide groups is 1. The number of hydrogen-bond acceptors (Lipinski definition) is 6. The van der Waals surface area contributed by atoms with E-state index in [9.17, 15) is 14.4 Å². The number of urea groups is 1. The van der Waals surface area contributed by atoms with Crippen molar-refractivity contribution < 1.29 is 9.59 Å². The Balaban J connectivity index is 1.99. The minimum atomic E-state index is -0.883. The predicted octanol–water partition coefficient (Wildman–Crippen LogP) is 2.81. The third kappa shape index (κ3) is 4.19. The number of nitrogens with zero attached hydrogens (tertiary/aromatic N) is 2. The van der Waals surface area contributed by atoms with Crippen LogP contribution in [0.25, 0.3) is 10.2 Å². The molecule has 0 spiro atoms. The first-order valence-corrected chi connectivity index (χ1v) is 10.9. The summed E-state index contributed by atoms with van der Waals surface area (Å²) in [6, 6.07) is -0.883. The quantitative estimate of drug-likeness (QED) is 0.416. The molecule has 2 heterocycles. The van der Waals surface area contributed by atoms with E-state index in [2.05, 4.69) is 12.2 Å². The largest absolute Gasteiger partial charge is 0.351 e. The highest BCUT2D eigenvalue weighted by molar-refractivity contribution is 8.00. The second-order valence-corrected chi connectivity index (χ2v) is 9.10. The summed E-state index contributed by atoms with van der Waals surface area (Å²) in [6.07, 6.45) is 5.99. The fraction of sp³-hybridized carbons (Fsp3) is 0.556. The molecule has 1 aliphatic carbocycles. The third-order valence-corrected chi connectivity index (χ3v) is 6.95. The summed E-state index contributed by atoms with van der Waals surface area (Å²) in [5.41, 5.74) is 6.17. The number of nitrogens with one attached hydrogen (secondary N) is 1. The molecule has 27 heavy (non-hydrogen) atoms. The number of carbonyl (C=O) groups excluding carboxylic acids is 2. The molecule has 2 aromatic rings. The number of primary amides is 1. The van der Waals surface area contributed by atoms with Crippen LogP contribution in [-0.4, -0.2) is 26.7 Å². The minimum Gasteiger partial charge on any atom is -0.351 e. The Labute approximate surface area is 165 Å². The summed E-state index contributed by atoms with van der Waals surface area (Å²) in [5, 5.41) is 2.77. The molecule has 2 aromatic heterocycles. The monoisotopic (exact) mass is 408 g/mol. The molecule has 0 aromatic carbocycles. The summed E-state index contributed by atoms with van der Waals surface area (Å²) in [6.45, 7) is 4.36. The fourth-order valence-electron chi connectivity index (χ4n) is 3.30. The Morgan fingerprint density at radius 2 is 2.15 bits per heavy atom. The van der Waals surface area contributed by atoms with E-state index < -0.39 is 17.2 Å². The Morgan fingerprint density at radius 1 is 1.37 bits per heavy atom. The topological polar surface area (TPSA) is 107 Å². The van der Waals surface area contributed by atoms with Crippen LogP contribution in [0.3, 0.4) is 0 Å². The van der Waals surface area contributed by atoms with Crippen molar-refractivity contribution in [1.29, 1.82) is 0 Å². The number of unbranched alkanes of at least 4 members (excludes halogenated alkanes) is 2. The smallest absolute Gasteiger partial charge is 0.318 e. The molecular weight excluding hydrogens is 384 g/mol. The maximum Gasteiger partial charge on any atom is 0.318 e. The lowest BCUT2D eigenvalue weighted by molar-refractivity contribution is -0.119. The summed E-state index contributed by atoms with van der Waals surface area (Å²) in [7, 11) is 0. The van der Waals surface area contributed by atoms with Crippen LogP contribution < -0.4 is 16.6 Å². The molecule has 1 atom stereocenters. The molecule has 0 fully saturated rings. The second kappa shape index (κ2) is 8.43. The molecule has 7 nitrogen and oxygen atoms in total. The van der Waals surface area contributed by atoms with E-state index in [1.807, 2.05) is 0 Å². The highest BCUT2D eigenvalue weighted by atomic mass is 32.2. The first kappa shape index (κ1) is 19.9. The van der Waals surface area contributed by atoms with Crippen molar-refractivity contribution in [2.45, 2.75) is 69.3 Å². The lowest BCUT2D eigenvalue weighted by Gasteiger charge is -2.15. The van der Waals surface area contributed by atoms with Crippen LogP contribution in [0.1, 0.15) is 50.0 Å². The van der Waals surface area contributed by atoms with Gasteiger partial charge < -0.3 is 5.73 Å². The van der Waals surface area contributed by atoms with Gasteiger partial charge in [-0.05, 0) is 38.2 Å². The number of nitrogens with two attached hydrogens (primary N) is 1. The number of fused-ring (bicyclic) bond motifs is 3. The number of amides is 3. The molecule has 0 radical (unpaired) electrons. The highest BCUT2D eigenvalue weighted by Gasteiger charge is 2.25. The van der Waals surface area contributed by atoms with Crippen molar-refractivity contribution in [2.75, 3.05) is 0 Å². The normalized spacial score (nSPS) is 14.3. The van der Waals surface area contributed by atoms with Gasteiger partial charge in [-0.3, -0.25) is 19.5 Å². The number of carbonyl (C=O) groups is 2. The number of aromatic nitrogens is 2. The van der Waals surface area contributed by atoms with Crippen LogP contribution in [0.4, 0.5) is 4.79 Å². The Morgan fingerprint density at radius 3 is 2.85 bits per heavy atom. The summed E-state index contributed by atoms with van der Waals surface area (Å²) >= 11 is 2.77. The Bertz CT molecular complexity index is 935. The van der Waals surface area contributed by atoms with Crippen LogP contribution in [0, 0.1) is 0 Å². The number of hydrogen-bond donors (Lipinski definition) is 2. The van der Waals surface area contributed by atoms with Gasteiger partial charge in [0.25, 0.3) is 5.56 Å². The molecule has 0 bridgehead atoms. The van der Waals surface area contributed by atoms with Gasteiger partial charge in [-0.1, -0.05) is 31.5 Å². The van der Waals surface area contributed by atoms with Crippen LogP contribution in [0.5, 0.6) is 0 Å². The van der Waals surface area contributed by atoms with Gasteiger partial charge in [0.05, 0.1) is 10.6 Å². The van der Waals surface area contributed by atoms with Gasteiger partial charge in [0.1, 0.15) is 4.83 Å². The lowest BCUT2D eigenvalue weighted by atomic mass is 10.2. The van der Waals surface area contributed by atoms with Gasteiger partial charge in [-0.25, -0.2) is 9.78 Å². The molecular formula is C18H24N4O3S2. The van der Waals surface area contributed by atoms with E-state index in [4.69, 9.17) is 10.7 Å². The maximum atomic E-state index is 13.2. The van der Waals surface area contributed by atoms with Crippen molar-refractivity contribution in [3.8, 4) is 0 Å². The van der Waals surface area contributed by atoms with E-state index in [1.54, 1.807) is 22.8 Å². The SMILES string of the molecule is CCCCCn1c(SC(C)C(=O)NC(N)=O)nc2sc3c(c2c1=O)CCC3. The summed E-state index contributed by atoms with van der Waals surface area (Å²) in [4.78, 5) is 42.9. The standard InChI is InChI=1S/C18H24N4O3S2/c1-3-4-5-9-22-16(24)13-11-7-6-8-12(11)27-15(13)21-18(22)26-10(2)14(23)20-17(19)25/h10H,3-9H2,1-2H3,(H3,19,20,23,25). The fourth-order valence-corrected chi connectivity index (χ4v) is 5.54. The number of thioether (sulfide) groups is 1.